The van der Waals surface area contributed by atoms with E-state index in [-0.39, 0.29) is 25.6 Å². The molecule has 0 spiro atoms. The summed E-state index contributed by atoms with van der Waals surface area (Å²) < 4.78 is 1.55. The molecule has 0 saturated heterocycles. The predicted octanol–water partition coefficient (Wildman–Crippen LogP) is 1.87. The Kier molecular flexibility index (Phi) is 6.01. The first-order valence-corrected chi connectivity index (χ1v) is 7.77. The number of aromatic nitrogens is 2. The van der Waals surface area contributed by atoms with E-state index in [1.807, 2.05) is 26.0 Å². The summed E-state index contributed by atoms with van der Waals surface area (Å²) >= 11 is 6.04. The van der Waals surface area contributed by atoms with Crippen LogP contribution in [0.1, 0.15) is 16.7 Å². The number of aryl methyl sites for hydroxylation is 2. The Bertz CT molecular complexity index is 661. The van der Waals surface area contributed by atoms with Crippen molar-refractivity contribution >= 4 is 23.2 Å². The molecule has 0 bridgehead atoms. The fourth-order valence-corrected chi connectivity index (χ4v) is 2.68. The van der Waals surface area contributed by atoms with Crippen LogP contribution in [0, 0.1) is 13.8 Å². The summed E-state index contributed by atoms with van der Waals surface area (Å²) in [6, 6.07) is 3.89. The molecule has 1 aromatic heterocycles. The van der Waals surface area contributed by atoms with Crippen LogP contribution in [0.2, 0.25) is 5.02 Å². The third-order valence-electron chi connectivity index (χ3n) is 3.50. The van der Waals surface area contributed by atoms with Crippen LogP contribution in [0.5, 0.6) is 0 Å². The maximum absolute atomic E-state index is 11.6. The molecule has 0 atom stereocenters. The molecule has 0 saturated carbocycles. The smallest absolute Gasteiger partial charge is 0.241 e. The Morgan fingerprint density at radius 3 is 2.70 bits per heavy atom. The molecular formula is C16H21ClN4O2. The number of nitrogens with one attached hydrogen (secondary N) is 2. The first-order chi connectivity index (χ1) is 11.0. The van der Waals surface area contributed by atoms with Crippen LogP contribution in [0.3, 0.4) is 0 Å². The minimum atomic E-state index is -0.182. The lowest BCUT2D eigenvalue weighted by Crippen LogP contribution is -2.30. The van der Waals surface area contributed by atoms with Gasteiger partial charge in [0.05, 0.1) is 18.5 Å². The van der Waals surface area contributed by atoms with E-state index in [4.69, 9.17) is 16.7 Å². The summed E-state index contributed by atoms with van der Waals surface area (Å²) in [5.41, 5.74) is 4.31. The van der Waals surface area contributed by atoms with Gasteiger partial charge in [-0.05, 0) is 42.7 Å². The van der Waals surface area contributed by atoms with Crippen molar-refractivity contribution in [2.45, 2.75) is 26.9 Å². The Morgan fingerprint density at radius 2 is 2.04 bits per heavy atom. The molecule has 0 radical (unpaired) electrons. The quantitative estimate of drug-likeness (QED) is 0.721. The van der Waals surface area contributed by atoms with Gasteiger partial charge in [-0.2, -0.15) is 5.10 Å². The summed E-state index contributed by atoms with van der Waals surface area (Å²) in [4.78, 5) is 11.6. The molecule has 124 valence electrons. The molecule has 0 aliphatic rings. The van der Waals surface area contributed by atoms with Crippen LogP contribution in [0.25, 0.3) is 0 Å². The van der Waals surface area contributed by atoms with Crippen molar-refractivity contribution in [3.8, 4) is 0 Å². The summed E-state index contributed by atoms with van der Waals surface area (Å²) in [7, 11) is 0. The summed E-state index contributed by atoms with van der Waals surface area (Å²) in [5.74, 6) is -0.182. The monoisotopic (exact) mass is 336 g/mol. The van der Waals surface area contributed by atoms with Crippen LogP contribution >= 0.6 is 11.6 Å². The molecule has 0 fully saturated rings. The lowest BCUT2D eigenvalue weighted by molar-refractivity contribution is -0.122. The highest BCUT2D eigenvalue weighted by Gasteiger charge is 2.07. The highest BCUT2D eigenvalue weighted by Crippen LogP contribution is 2.21. The molecule has 1 amide bonds. The van der Waals surface area contributed by atoms with Crippen molar-refractivity contribution in [1.29, 1.82) is 0 Å². The first kappa shape index (κ1) is 17.3. The summed E-state index contributed by atoms with van der Waals surface area (Å²) in [6.07, 6.45) is 3.46. The Hall–Kier alpha value is -2.05. The van der Waals surface area contributed by atoms with Crippen molar-refractivity contribution < 1.29 is 9.90 Å². The van der Waals surface area contributed by atoms with E-state index >= 15 is 0 Å². The fourth-order valence-electron chi connectivity index (χ4n) is 2.35. The van der Waals surface area contributed by atoms with Crippen LogP contribution in [0.15, 0.2) is 24.5 Å². The van der Waals surface area contributed by atoms with Gasteiger partial charge in [0.1, 0.15) is 6.54 Å². The van der Waals surface area contributed by atoms with Gasteiger partial charge in [-0.15, -0.1) is 0 Å². The van der Waals surface area contributed by atoms with Gasteiger partial charge in [-0.25, -0.2) is 0 Å². The fraction of sp³-hybridized carbons (Fsp3) is 0.375. The number of nitrogens with zero attached hydrogens (tertiary/aromatic N) is 2. The van der Waals surface area contributed by atoms with Gasteiger partial charge in [0.15, 0.2) is 0 Å². The first-order valence-electron chi connectivity index (χ1n) is 7.39. The second-order valence-electron chi connectivity index (χ2n) is 5.37. The number of rotatable bonds is 7. The molecule has 6 nitrogen and oxygen atoms in total. The maximum Gasteiger partial charge on any atom is 0.241 e. The van der Waals surface area contributed by atoms with Gasteiger partial charge in [-0.1, -0.05) is 11.6 Å². The molecule has 1 aromatic carbocycles. The average molecular weight is 337 g/mol. The van der Waals surface area contributed by atoms with Crippen LogP contribution in [0.4, 0.5) is 5.69 Å². The lowest BCUT2D eigenvalue weighted by Gasteiger charge is -2.11. The molecule has 0 unspecified atom stereocenters. The van der Waals surface area contributed by atoms with E-state index in [0.29, 0.717) is 6.54 Å². The maximum atomic E-state index is 11.6. The zero-order valence-electron chi connectivity index (χ0n) is 13.3. The standard InChI is InChI=1S/C16H21ClN4O2/c1-11-5-13(17)6-12(2)15(11)8-19-14-7-20-21(9-14)10-16(23)18-3-4-22/h5-7,9,19,22H,3-4,8,10H2,1-2H3,(H,18,23). The normalized spacial score (nSPS) is 10.6. The molecular weight excluding hydrogens is 316 g/mol. The highest BCUT2D eigenvalue weighted by molar-refractivity contribution is 6.30. The van der Waals surface area contributed by atoms with Gasteiger partial charge in [0, 0.05) is 24.3 Å². The zero-order chi connectivity index (χ0) is 16.8. The van der Waals surface area contributed by atoms with Gasteiger partial charge in [0.2, 0.25) is 5.91 Å². The number of anilines is 1. The zero-order valence-corrected chi connectivity index (χ0v) is 14.0. The Morgan fingerprint density at radius 1 is 1.35 bits per heavy atom. The number of benzene rings is 1. The number of aliphatic hydroxyl groups excluding tert-OH is 1. The van der Waals surface area contributed by atoms with E-state index in [1.54, 1.807) is 17.1 Å². The Balaban J connectivity index is 1.94. The van der Waals surface area contributed by atoms with Crippen LogP contribution in [-0.4, -0.2) is 33.9 Å². The molecule has 2 aromatic rings. The molecule has 7 heteroatoms. The van der Waals surface area contributed by atoms with E-state index < -0.39 is 0 Å². The number of halogens is 1. The minimum absolute atomic E-state index is 0.0720. The topological polar surface area (TPSA) is 79.2 Å². The number of hydrogen-bond acceptors (Lipinski definition) is 4. The van der Waals surface area contributed by atoms with Gasteiger partial charge >= 0.3 is 0 Å². The number of carbonyl (C=O) groups is 1. The molecule has 23 heavy (non-hydrogen) atoms. The van der Waals surface area contributed by atoms with Crippen molar-refractivity contribution in [3.63, 3.8) is 0 Å². The van der Waals surface area contributed by atoms with E-state index in [9.17, 15) is 4.79 Å². The molecule has 0 aliphatic heterocycles. The van der Waals surface area contributed by atoms with Crippen molar-refractivity contribution in [1.82, 2.24) is 15.1 Å². The highest BCUT2D eigenvalue weighted by atomic mass is 35.5. The third kappa shape index (κ3) is 4.97. The van der Waals surface area contributed by atoms with Crippen LogP contribution in [-0.2, 0) is 17.9 Å². The lowest BCUT2D eigenvalue weighted by atomic mass is 10.0. The van der Waals surface area contributed by atoms with Gasteiger partial charge in [0.25, 0.3) is 0 Å². The van der Waals surface area contributed by atoms with Gasteiger partial charge < -0.3 is 15.7 Å². The van der Waals surface area contributed by atoms with Crippen molar-refractivity contribution in [2.75, 3.05) is 18.5 Å². The second kappa shape index (κ2) is 7.99. The van der Waals surface area contributed by atoms with E-state index in [0.717, 1.165) is 21.8 Å². The van der Waals surface area contributed by atoms with E-state index in [2.05, 4.69) is 15.7 Å². The molecule has 0 aliphatic carbocycles. The third-order valence-corrected chi connectivity index (χ3v) is 3.72. The number of aliphatic hydroxyl groups is 1. The number of carbonyl (C=O) groups excluding carboxylic acids is 1. The predicted molar refractivity (Wildman–Crippen MR) is 90.6 cm³/mol. The molecule has 2 rings (SSSR count). The molecule has 1 heterocycles. The Labute approximate surface area is 140 Å². The molecule has 3 N–H and O–H groups in total. The van der Waals surface area contributed by atoms with Crippen molar-refractivity contribution in [2.24, 2.45) is 0 Å². The summed E-state index contributed by atoms with van der Waals surface area (Å²) in [5, 5.41) is 19.4. The number of hydrogen-bond donors (Lipinski definition) is 3. The van der Waals surface area contributed by atoms with Crippen molar-refractivity contribution in [3.05, 3.63) is 46.2 Å². The van der Waals surface area contributed by atoms with E-state index in [1.165, 1.54) is 5.56 Å². The second-order valence-corrected chi connectivity index (χ2v) is 5.81. The summed E-state index contributed by atoms with van der Waals surface area (Å²) in [6.45, 7) is 5.03. The average Bonchev–Trinajstić information content (AvgIpc) is 2.91. The van der Waals surface area contributed by atoms with Crippen LogP contribution < -0.4 is 10.6 Å². The minimum Gasteiger partial charge on any atom is -0.395 e. The SMILES string of the molecule is Cc1cc(Cl)cc(C)c1CNc1cnn(CC(=O)NCCO)c1. The van der Waals surface area contributed by atoms with Gasteiger partial charge in [-0.3, -0.25) is 9.48 Å². The number of amides is 1. The largest absolute Gasteiger partial charge is 0.395 e.